The van der Waals surface area contributed by atoms with E-state index in [4.69, 9.17) is 0 Å². The van der Waals surface area contributed by atoms with Crippen LogP contribution in [0.3, 0.4) is 0 Å². The maximum atomic E-state index is 10.9. The molecule has 0 aliphatic rings. The number of rotatable bonds is 5. The molecule has 1 heterocycles. The van der Waals surface area contributed by atoms with Crippen LogP contribution in [0.5, 0.6) is 0 Å². The SMILES string of the molecule is CSc1ccc([C@H](C)Nc2c([N+](=O)[O-])ncn2C)cc1. The Labute approximate surface area is 121 Å². The van der Waals surface area contributed by atoms with Crippen LogP contribution in [0, 0.1) is 10.1 Å². The molecular weight excluding hydrogens is 276 g/mol. The normalized spacial score (nSPS) is 12.2. The van der Waals surface area contributed by atoms with E-state index in [9.17, 15) is 10.1 Å². The molecule has 2 rings (SSSR count). The van der Waals surface area contributed by atoms with Crippen molar-refractivity contribution in [3.63, 3.8) is 0 Å². The predicted molar refractivity (Wildman–Crippen MR) is 80.1 cm³/mol. The lowest BCUT2D eigenvalue weighted by atomic mass is 10.1. The van der Waals surface area contributed by atoms with Crippen LogP contribution < -0.4 is 5.32 Å². The fourth-order valence-corrected chi connectivity index (χ4v) is 2.31. The lowest BCUT2D eigenvalue weighted by Crippen LogP contribution is -2.10. The van der Waals surface area contributed by atoms with Gasteiger partial charge in [0.05, 0.1) is 6.04 Å². The summed E-state index contributed by atoms with van der Waals surface area (Å²) in [5.41, 5.74) is 1.07. The van der Waals surface area contributed by atoms with E-state index in [-0.39, 0.29) is 11.9 Å². The molecule has 106 valence electrons. The monoisotopic (exact) mass is 292 g/mol. The fourth-order valence-electron chi connectivity index (χ4n) is 1.90. The molecule has 1 atom stereocenters. The van der Waals surface area contributed by atoms with Crippen LogP contribution in [0.1, 0.15) is 18.5 Å². The van der Waals surface area contributed by atoms with Crippen molar-refractivity contribution >= 4 is 23.4 Å². The summed E-state index contributed by atoms with van der Waals surface area (Å²) in [6.45, 7) is 1.96. The summed E-state index contributed by atoms with van der Waals surface area (Å²) in [6.07, 6.45) is 3.46. The number of nitrogens with one attached hydrogen (secondary N) is 1. The first-order valence-electron chi connectivity index (χ1n) is 6.09. The second-order valence-corrected chi connectivity index (χ2v) is 5.30. The zero-order valence-electron chi connectivity index (χ0n) is 11.5. The van der Waals surface area contributed by atoms with Crippen LogP contribution in [0.4, 0.5) is 11.6 Å². The molecule has 6 nitrogen and oxygen atoms in total. The van der Waals surface area contributed by atoms with Gasteiger partial charge in [0.25, 0.3) is 0 Å². The molecule has 0 aliphatic carbocycles. The van der Waals surface area contributed by atoms with E-state index in [2.05, 4.69) is 10.3 Å². The zero-order chi connectivity index (χ0) is 14.7. The Morgan fingerprint density at radius 3 is 2.60 bits per heavy atom. The van der Waals surface area contributed by atoms with Gasteiger partial charge < -0.3 is 15.4 Å². The van der Waals surface area contributed by atoms with Gasteiger partial charge in [0.2, 0.25) is 12.1 Å². The van der Waals surface area contributed by atoms with Gasteiger partial charge in [-0.1, -0.05) is 12.1 Å². The second-order valence-electron chi connectivity index (χ2n) is 4.42. The summed E-state index contributed by atoms with van der Waals surface area (Å²) in [6, 6.07) is 8.07. The number of aromatic nitrogens is 2. The number of aryl methyl sites for hydroxylation is 1. The number of thioether (sulfide) groups is 1. The van der Waals surface area contributed by atoms with E-state index < -0.39 is 4.92 Å². The molecule has 0 spiro atoms. The maximum absolute atomic E-state index is 10.9. The topological polar surface area (TPSA) is 73.0 Å². The molecule has 1 N–H and O–H groups in total. The van der Waals surface area contributed by atoms with Crippen molar-refractivity contribution in [1.29, 1.82) is 0 Å². The molecule has 0 unspecified atom stereocenters. The van der Waals surface area contributed by atoms with Crippen molar-refractivity contribution in [3.05, 3.63) is 46.3 Å². The molecule has 0 saturated heterocycles. The third-order valence-electron chi connectivity index (χ3n) is 3.06. The van der Waals surface area contributed by atoms with Crippen molar-refractivity contribution < 1.29 is 4.92 Å². The van der Waals surface area contributed by atoms with Gasteiger partial charge in [-0.05, 0) is 40.8 Å². The van der Waals surface area contributed by atoms with Crippen LogP contribution in [-0.4, -0.2) is 20.7 Å². The molecule has 1 aromatic carbocycles. The average molecular weight is 292 g/mol. The molecule has 7 heteroatoms. The quantitative estimate of drug-likeness (QED) is 0.520. The standard InChI is InChI=1S/C13H16N4O2S/c1-9(10-4-6-11(20-3)7-5-10)15-13-12(17(18)19)14-8-16(13)2/h4-9,15H,1-3H3/t9-/m0/s1. The Kier molecular flexibility index (Phi) is 4.29. The zero-order valence-corrected chi connectivity index (χ0v) is 12.3. The Morgan fingerprint density at radius 2 is 2.05 bits per heavy atom. The fraction of sp³-hybridized carbons (Fsp3) is 0.308. The lowest BCUT2D eigenvalue weighted by molar-refractivity contribution is -0.388. The first-order chi connectivity index (χ1) is 9.52. The first kappa shape index (κ1) is 14.4. The van der Waals surface area contributed by atoms with Crippen molar-refractivity contribution in [2.24, 2.45) is 7.05 Å². The van der Waals surface area contributed by atoms with Gasteiger partial charge in [-0.2, -0.15) is 0 Å². The van der Waals surface area contributed by atoms with Crippen LogP contribution in [-0.2, 0) is 7.05 Å². The van der Waals surface area contributed by atoms with Gasteiger partial charge in [0.15, 0.2) is 0 Å². The van der Waals surface area contributed by atoms with Crippen LogP contribution in [0.25, 0.3) is 0 Å². The molecule has 0 radical (unpaired) electrons. The van der Waals surface area contributed by atoms with E-state index in [0.717, 1.165) is 5.56 Å². The summed E-state index contributed by atoms with van der Waals surface area (Å²) in [4.78, 5) is 15.4. The van der Waals surface area contributed by atoms with Gasteiger partial charge in [0, 0.05) is 11.9 Å². The average Bonchev–Trinajstić information content (AvgIpc) is 2.80. The molecule has 0 fully saturated rings. The third kappa shape index (κ3) is 2.93. The number of hydrogen-bond acceptors (Lipinski definition) is 5. The van der Waals surface area contributed by atoms with E-state index in [0.29, 0.717) is 5.82 Å². The number of imidazole rings is 1. The van der Waals surface area contributed by atoms with Gasteiger partial charge in [-0.25, -0.2) is 0 Å². The minimum Gasteiger partial charge on any atom is -0.358 e. The Hall–Kier alpha value is -2.02. The van der Waals surface area contributed by atoms with E-state index >= 15 is 0 Å². The van der Waals surface area contributed by atoms with Gasteiger partial charge >= 0.3 is 5.82 Å². The molecule has 0 saturated carbocycles. The van der Waals surface area contributed by atoms with Crippen LogP contribution in [0.15, 0.2) is 35.5 Å². The molecule has 20 heavy (non-hydrogen) atoms. The van der Waals surface area contributed by atoms with Gasteiger partial charge in [-0.15, -0.1) is 11.8 Å². The summed E-state index contributed by atoms with van der Waals surface area (Å²) >= 11 is 1.68. The minimum atomic E-state index is -0.480. The van der Waals surface area contributed by atoms with Crippen LogP contribution in [0.2, 0.25) is 0 Å². The molecule has 0 amide bonds. The Morgan fingerprint density at radius 1 is 1.40 bits per heavy atom. The van der Waals surface area contributed by atoms with Gasteiger partial charge in [-0.3, -0.25) is 4.57 Å². The van der Waals surface area contributed by atoms with E-state index in [1.807, 2.05) is 37.4 Å². The van der Waals surface area contributed by atoms with Crippen molar-refractivity contribution in [3.8, 4) is 0 Å². The maximum Gasteiger partial charge on any atom is 0.406 e. The van der Waals surface area contributed by atoms with Crippen LogP contribution >= 0.6 is 11.8 Å². The lowest BCUT2D eigenvalue weighted by Gasteiger charge is -2.15. The molecule has 2 aromatic rings. The first-order valence-corrected chi connectivity index (χ1v) is 7.31. The molecule has 0 aliphatic heterocycles. The van der Waals surface area contributed by atoms with Crippen molar-refractivity contribution in [2.75, 3.05) is 11.6 Å². The number of benzene rings is 1. The highest BCUT2D eigenvalue weighted by Crippen LogP contribution is 2.27. The molecular formula is C13H16N4O2S. The molecule has 0 bridgehead atoms. The number of nitrogens with zero attached hydrogens (tertiary/aromatic N) is 3. The minimum absolute atomic E-state index is 0.0417. The highest BCUT2D eigenvalue weighted by Gasteiger charge is 2.21. The predicted octanol–water partition coefficient (Wildman–Crippen LogP) is 3.22. The largest absolute Gasteiger partial charge is 0.406 e. The Bertz CT molecular complexity index is 609. The summed E-state index contributed by atoms with van der Waals surface area (Å²) in [5, 5.41) is 14.1. The molecule has 1 aromatic heterocycles. The summed E-state index contributed by atoms with van der Waals surface area (Å²) in [5.74, 6) is 0.261. The smallest absolute Gasteiger partial charge is 0.358 e. The summed E-state index contributed by atoms with van der Waals surface area (Å²) < 4.78 is 1.62. The third-order valence-corrected chi connectivity index (χ3v) is 3.80. The second kappa shape index (κ2) is 5.96. The van der Waals surface area contributed by atoms with Crippen molar-refractivity contribution in [1.82, 2.24) is 9.55 Å². The highest BCUT2D eigenvalue weighted by molar-refractivity contribution is 7.98. The van der Waals surface area contributed by atoms with E-state index in [1.54, 1.807) is 23.4 Å². The summed E-state index contributed by atoms with van der Waals surface area (Å²) in [7, 11) is 1.73. The number of anilines is 1. The Balaban J connectivity index is 2.20. The highest BCUT2D eigenvalue weighted by atomic mass is 32.2. The number of hydrogen-bond donors (Lipinski definition) is 1. The van der Waals surface area contributed by atoms with Crippen molar-refractivity contribution in [2.45, 2.75) is 17.9 Å². The van der Waals surface area contributed by atoms with E-state index in [1.165, 1.54) is 11.2 Å². The number of nitro groups is 1. The van der Waals surface area contributed by atoms with Gasteiger partial charge in [0.1, 0.15) is 0 Å².